The monoisotopic (exact) mass is 341 g/mol. The second kappa shape index (κ2) is 5.51. The fraction of sp³-hybridized carbons (Fsp3) is 0.100. The predicted octanol–water partition coefficient (Wildman–Crippen LogP) is 4.68. The molecule has 0 saturated heterocycles. The van der Waals surface area contributed by atoms with E-state index in [0.29, 0.717) is 5.02 Å². The number of rotatable bonds is 3. The second-order valence-electron chi connectivity index (χ2n) is 3.59. The van der Waals surface area contributed by atoms with Crippen LogP contribution >= 0.6 is 34.8 Å². The van der Waals surface area contributed by atoms with Crippen LogP contribution in [0.4, 0.5) is 14.5 Å². The summed E-state index contributed by atoms with van der Waals surface area (Å²) in [6, 6.07) is 4.13. The van der Waals surface area contributed by atoms with Gasteiger partial charge in [0.25, 0.3) is 6.43 Å². The molecule has 10 heteroatoms. The molecule has 0 N–H and O–H groups in total. The standard InChI is InChI=1S/C10H4Cl3F2N3O2/c11-4-1-2-6(5(12)3-4)17-9(13)8(18(19)20)7(16-17)10(14)15/h1-3,10H. The van der Waals surface area contributed by atoms with Crippen LogP contribution in [0.25, 0.3) is 5.69 Å². The van der Waals surface area contributed by atoms with E-state index in [9.17, 15) is 18.9 Å². The van der Waals surface area contributed by atoms with E-state index < -0.39 is 27.9 Å². The number of nitro groups is 1. The topological polar surface area (TPSA) is 61.0 Å². The molecule has 0 bridgehead atoms. The number of benzene rings is 1. The van der Waals surface area contributed by atoms with Crippen LogP contribution in [0, 0.1) is 10.1 Å². The molecular formula is C10H4Cl3F2N3O2. The molecule has 0 aliphatic carbocycles. The Balaban J connectivity index is 2.69. The van der Waals surface area contributed by atoms with Crippen molar-refractivity contribution in [3.8, 4) is 5.69 Å². The first-order valence-corrected chi connectivity index (χ1v) is 6.12. The molecule has 2 aromatic rings. The Morgan fingerprint density at radius 1 is 1.30 bits per heavy atom. The van der Waals surface area contributed by atoms with E-state index in [1.165, 1.54) is 18.2 Å². The summed E-state index contributed by atoms with van der Waals surface area (Å²) in [5.74, 6) is 0. The number of halogens is 5. The zero-order chi connectivity index (χ0) is 15.0. The lowest BCUT2D eigenvalue weighted by Gasteiger charge is -2.05. The Labute approximate surface area is 125 Å². The van der Waals surface area contributed by atoms with Crippen molar-refractivity contribution in [3.63, 3.8) is 0 Å². The Morgan fingerprint density at radius 3 is 2.40 bits per heavy atom. The van der Waals surface area contributed by atoms with Gasteiger partial charge < -0.3 is 0 Å². The molecule has 0 amide bonds. The van der Waals surface area contributed by atoms with Crippen LogP contribution < -0.4 is 0 Å². The lowest BCUT2D eigenvalue weighted by atomic mass is 10.3. The molecule has 1 aromatic heterocycles. The number of nitrogens with zero attached hydrogens (tertiary/aromatic N) is 3. The molecule has 0 aliphatic rings. The number of hydrogen-bond acceptors (Lipinski definition) is 3. The predicted molar refractivity (Wildman–Crippen MR) is 70.2 cm³/mol. The Kier molecular flexibility index (Phi) is 4.12. The minimum absolute atomic E-state index is 0.0672. The van der Waals surface area contributed by atoms with Crippen molar-refractivity contribution < 1.29 is 13.7 Å². The maximum atomic E-state index is 12.8. The molecular weight excluding hydrogens is 338 g/mol. The van der Waals surface area contributed by atoms with Gasteiger partial charge in [0.2, 0.25) is 10.8 Å². The smallest absolute Gasteiger partial charge is 0.258 e. The van der Waals surface area contributed by atoms with E-state index in [2.05, 4.69) is 5.10 Å². The first-order chi connectivity index (χ1) is 9.32. The van der Waals surface area contributed by atoms with Gasteiger partial charge in [-0.25, -0.2) is 13.5 Å². The van der Waals surface area contributed by atoms with E-state index in [4.69, 9.17) is 34.8 Å². The van der Waals surface area contributed by atoms with Crippen LogP contribution in [0.3, 0.4) is 0 Å². The van der Waals surface area contributed by atoms with Crippen molar-refractivity contribution >= 4 is 40.5 Å². The SMILES string of the molecule is O=[N+]([O-])c1c(C(F)F)nn(-c2ccc(Cl)cc2Cl)c1Cl. The third-order valence-corrected chi connectivity index (χ3v) is 3.24. The molecule has 106 valence electrons. The summed E-state index contributed by atoms with van der Waals surface area (Å²) >= 11 is 17.4. The molecule has 1 aromatic carbocycles. The van der Waals surface area contributed by atoms with Crippen molar-refractivity contribution in [3.05, 3.63) is 49.2 Å². The average Bonchev–Trinajstić information content (AvgIpc) is 2.67. The summed E-state index contributed by atoms with van der Waals surface area (Å²) in [5.41, 5.74) is -1.87. The van der Waals surface area contributed by atoms with Crippen molar-refractivity contribution in [1.82, 2.24) is 9.78 Å². The first-order valence-electron chi connectivity index (χ1n) is 4.99. The largest absolute Gasteiger partial charge is 0.335 e. The lowest BCUT2D eigenvalue weighted by molar-refractivity contribution is -0.386. The van der Waals surface area contributed by atoms with E-state index in [-0.39, 0.29) is 10.7 Å². The van der Waals surface area contributed by atoms with Crippen LogP contribution in [0.5, 0.6) is 0 Å². The maximum Gasteiger partial charge on any atom is 0.335 e. The molecule has 1 heterocycles. The fourth-order valence-corrected chi connectivity index (χ4v) is 2.32. The van der Waals surface area contributed by atoms with Gasteiger partial charge in [0, 0.05) is 5.02 Å². The molecule has 2 rings (SSSR count). The minimum atomic E-state index is -3.14. The Morgan fingerprint density at radius 2 is 1.95 bits per heavy atom. The number of alkyl halides is 2. The van der Waals surface area contributed by atoms with Gasteiger partial charge >= 0.3 is 5.69 Å². The first kappa shape index (κ1) is 15.0. The van der Waals surface area contributed by atoms with Gasteiger partial charge in [0.1, 0.15) is 0 Å². The highest BCUT2D eigenvalue weighted by Crippen LogP contribution is 2.37. The molecule has 0 fully saturated rings. The van der Waals surface area contributed by atoms with Crippen molar-refractivity contribution in [2.75, 3.05) is 0 Å². The summed E-state index contributed by atoms with van der Waals surface area (Å²) < 4.78 is 26.3. The zero-order valence-electron chi connectivity index (χ0n) is 9.36. The van der Waals surface area contributed by atoms with Gasteiger partial charge in [-0.3, -0.25) is 10.1 Å². The van der Waals surface area contributed by atoms with Gasteiger partial charge in [0.05, 0.1) is 15.6 Å². The van der Waals surface area contributed by atoms with Crippen molar-refractivity contribution in [2.45, 2.75) is 6.43 Å². The quantitative estimate of drug-likeness (QED) is 0.601. The highest BCUT2D eigenvalue weighted by molar-refractivity contribution is 6.36. The molecule has 0 spiro atoms. The van der Waals surface area contributed by atoms with Crippen LogP contribution in [0.2, 0.25) is 15.2 Å². The highest BCUT2D eigenvalue weighted by atomic mass is 35.5. The van der Waals surface area contributed by atoms with E-state index in [1.54, 1.807) is 0 Å². The average molecular weight is 343 g/mol. The van der Waals surface area contributed by atoms with E-state index in [1.807, 2.05) is 0 Å². The van der Waals surface area contributed by atoms with Crippen LogP contribution in [-0.2, 0) is 0 Å². The molecule has 0 aliphatic heterocycles. The summed E-state index contributed by atoms with van der Waals surface area (Å²) in [7, 11) is 0. The molecule has 0 unspecified atom stereocenters. The third kappa shape index (κ3) is 2.56. The van der Waals surface area contributed by atoms with Gasteiger partial charge in [0.15, 0.2) is 0 Å². The van der Waals surface area contributed by atoms with Gasteiger partial charge in [-0.15, -0.1) is 0 Å². The molecule has 0 saturated carbocycles. The zero-order valence-corrected chi connectivity index (χ0v) is 11.6. The number of hydrogen-bond donors (Lipinski definition) is 0. The third-order valence-electron chi connectivity index (χ3n) is 2.36. The molecule has 20 heavy (non-hydrogen) atoms. The molecule has 5 nitrogen and oxygen atoms in total. The van der Waals surface area contributed by atoms with Crippen molar-refractivity contribution in [1.29, 1.82) is 0 Å². The summed E-state index contributed by atoms with van der Waals surface area (Å²) in [6.45, 7) is 0. The normalized spacial score (nSPS) is 11.1. The van der Waals surface area contributed by atoms with Crippen LogP contribution in [0.15, 0.2) is 18.2 Å². The van der Waals surface area contributed by atoms with E-state index >= 15 is 0 Å². The van der Waals surface area contributed by atoms with Gasteiger partial charge in [-0.2, -0.15) is 5.10 Å². The van der Waals surface area contributed by atoms with Crippen LogP contribution in [-0.4, -0.2) is 14.7 Å². The van der Waals surface area contributed by atoms with Gasteiger partial charge in [-0.1, -0.05) is 34.8 Å². The van der Waals surface area contributed by atoms with Gasteiger partial charge in [-0.05, 0) is 18.2 Å². The maximum absolute atomic E-state index is 12.8. The van der Waals surface area contributed by atoms with Crippen molar-refractivity contribution in [2.24, 2.45) is 0 Å². The second-order valence-corrected chi connectivity index (χ2v) is 4.79. The molecule has 0 atom stereocenters. The fourth-order valence-electron chi connectivity index (χ4n) is 1.53. The molecule has 0 radical (unpaired) electrons. The Hall–Kier alpha value is -1.44. The van der Waals surface area contributed by atoms with Crippen LogP contribution in [0.1, 0.15) is 12.1 Å². The highest BCUT2D eigenvalue weighted by Gasteiger charge is 2.33. The van der Waals surface area contributed by atoms with E-state index in [0.717, 1.165) is 4.68 Å². The Bertz CT molecular complexity index is 691. The lowest BCUT2D eigenvalue weighted by Crippen LogP contribution is -1.98. The number of aromatic nitrogens is 2. The summed E-state index contributed by atoms with van der Waals surface area (Å²) in [6.07, 6.45) is -3.14. The minimum Gasteiger partial charge on any atom is -0.258 e. The summed E-state index contributed by atoms with van der Waals surface area (Å²) in [5, 5.41) is 14.1. The summed E-state index contributed by atoms with van der Waals surface area (Å²) in [4.78, 5) is 9.79.